The van der Waals surface area contributed by atoms with Crippen LogP contribution < -0.4 is 4.74 Å². The number of carbonyl (C=O) groups is 1. The van der Waals surface area contributed by atoms with Crippen molar-refractivity contribution in [2.45, 2.75) is 37.5 Å². The number of ether oxygens (including phenoxy) is 1. The van der Waals surface area contributed by atoms with Crippen molar-refractivity contribution >= 4 is 17.6 Å². The zero-order valence-corrected chi connectivity index (χ0v) is 11.4. The van der Waals surface area contributed by atoms with Crippen molar-refractivity contribution in [1.29, 1.82) is 0 Å². The van der Waals surface area contributed by atoms with Gasteiger partial charge in [0.2, 0.25) is 0 Å². The Morgan fingerprint density at radius 2 is 2.16 bits per heavy atom. The van der Waals surface area contributed by atoms with E-state index in [0.29, 0.717) is 23.3 Å². The minimum absolute atomic E-state index is 0.160. The van der Waals surface area contributed by atoms with Crippen LogP contribution in [0, 0.1) is 5.92 Å². The summed E-state index contributed by atoms with van der Waals surface area (Å²) in [7, 11) is 0. The molecular formula is C15H17ClO3. The number of carboxylic acid groups (broad SMARTS) is 1. The molecule has 0 atom stereocenters. The van der Waals surface area contributed by atoms with Gasteiger partial charge in [0, 0.05) is 11.0 Å². The van der Waals surface area contributed by atoms with Gasteiger partial charge in [0.1, 0.15) is 5.75 Å². The summed E-state index contributed by atoms with van der Waals surface area (Å²) in [5.74, 6) is 0.596. The van der Waals surface area contributed by atoms with Crippen molar-refractivity contribution in [1.82, 2.24) is 0 Å². The molecule has 0 aliphatic heterocycles. The lowest BCUT2D eigenvalue weighted by Gasteiger charge is -2.19. The number of rotatable bonds is 6. The predicted octanol–water partition coefficient (Wildman–Crippen LogP) is 3.64. The Bertz CT molecular complexity index is 504. The second-order valence-electron chi connectivity index (χ2n) is 5.72. The molecule has 1 N–H and O–H groups in total. The van der Waals surface area contributed by atoms with Gasteiger partial charge in [0.05, 0.1) is 18.1 Å². The smallest absolute Gasteiger partial charge is 0.304 e. The third-order valence-electron chi connectivity index (χ3n) is 4.04. The normalized spacial score (nSPS) is 20.1. The molecule has 0 amide bonds. The van der Waals surface area contributed by atoms with Crippen molar-refractivity contribution in [2.75, 3.05) is 6.61 Å². The molecule has 2 aliphatic rings. The van der Waals surface area contributed by atoms with Crippen LogP contribution in [-0.2, 0) is 10.2 Å². The van der Waals surface area contributed by atoms with Crippen LogP contribution in [-0.4, -0.2) is 17.7 Å². The number of benzene rings is 1. The second-order valence-corrected chi connectivity index (χ2v) is 6.13. The van der Waals surface area contributed by atoms with Crippen LogP contribution >= 0.6 is 11.6 Å². The number of carboxylic acids is 1. The molecule has 2 fully saturated rings. The summed E-state index contributed by atoms with van der Waals surface area (Å²) in [5, 5.41) is 9.66. The number of hydrogen-bond donors (Lipinski definition) is 1. The van der Waals surface area contributed by atoms with Crippen LogP contribution in [0.1, 0.15) is 37.7 Å². The van der Waals surface area contributed by atoms with Crippen LogP contribution in [0.4, 0.5) is 0 Å². The minimum atomic E-state index is -0.759. The lowest BCUT2D eigenvalue weighted by molar-refractivity contribution is -0.137. The van der Waals surface area contributed by atoms with E-state index in [4.69, 9.17) is 21.4 Å². The maximum Gasteiger partial charge on any atom is 0.304 e. The minimum Gasteiger partial charge on any atom is -0.491 e. The molecule has 2 saturated carbocycles. The lowest BCUT2D eigenvalue weighted by atomic mass is 9.91. The number of para-hydroxylation sites is 1. The molecule has 0 saturated heterocycles. The monoisotopic (exact) mass is 280 g/mol. The van der Waals surface area contributed by atoms with Crippen molar-refractivity contribution < 1.29 is 14.6 Å². The first-order chi connectivity index (χ1) is 9.11. The molecule has 3 rings (SSSR count). The van der Waals surface area contributed by atoms with Crippen molar-refractivity contribution in [2.24, 2.45) is 5.92 Å². The lowest BCUT2D eigenvalue weighted by Crippen LogP contribution is -2.15. The fourth-order valence-electron chi connectivity index (χ4n) is 2.54. The van der Waals surface area contributed by atoms with Crippen molar-refractivity contribution in [3.63, 3.8) is 0 Å². The first-order valence-corrected chi connectivity index (χ1v) is 7.12. The molecular weight excluding hydrogens is 264 g/mol. The van der Waals surface area contributed by atoms with Gasteiger partial charge >= 0.3 is 5.97 Å². The molecule has 0 bridgehead atoms. The van der Waals surface area contributed by atoms with E-state index >= 15 is 0 Å². The Morgan fingerprint density at radius 1 is 1.42 bits per heavy atom. The summed E-state index contributed by atoms with van der Waals surface area (Å²) in [6, 6.07) is 5.65. The Kier molecular flexibility index (Phi) is 3.17. The third-order valence-corrected chi connectivity index (χ3v) is 4.34. The van der Waals surface area contributed by atoms with Crippen LogP contribution in [0.25, 0.3) is 0 Å². The largest absolute Gasteiger partial charge is 0.491 e. The summed E-state index contributed by atoms with van der Waals surface area (Å²) in [4.78, 5) is 11.0. The molecule has 1 aromatic carbocycles. The molecule has 102 valence electrons. The zero-order valence-electron chi connectivity index (χ0n) is 10.7. The summed E-state index contributed by atoms with van der Waals surface area (Å²) in [6.07, 6.45) is 4.41. The van der Waals surface area contributed by atoms with Crippen LogP contribution in [0.2, 0.25) is 5.02 Å². The number of hydrogen-bond acceptors (Lipinski definition) is 2. The Labute approximate surface area is 117 Å². The molecule has 4 heteroatoms. The zero-order chi connectivity index (χ0) is 13.5. The number of halogens is 1. The van der Waals surface area contributed by atoms with Gasteiger partial charge in [0.25, 0.3) is 0 Å². The molecule has 0 unspecified atom stereocenters. The fraction of sp³-hybridized carbons (Fsp3) is 0.533. The highest BCUT2D eigenvalue weighted by atomic mass is 35.5. The van der Waals surface area contributed by atoms with Crippen LogP contribution in [0.15, 0.2) is 18.2 Å². The Hall–Kier alpha value is -1.22. The average Bonchev–Trinajstić information content (AvgIpc) is 3.21. The summed E-state index contributed by atoms with van der Waals surface area (Å²) in [6.45, 7) is 0.694. The third kappa shape index (κ3) is 2.71. The van der Waals surface area contributed by atoms with Gasteiger partial charge in [0.15, 0.2) is 0 Å². The van der Waals surface area contributed by atoms with Crippen LogP contribution in [0.5, 0.6) is 5.75 Å². The number of aliphatic carboxylic acids is 1. The van der Waals surface area contributed by atoms with Gasteiger partial charge in [-0.05, 0) is 37.7 Å². The molecule has 1 aromatic rings. The van der Waals surface area contributed by atoms with E-state index in [1.54, 1.807) is 0 Å². The molecule has 0 radical (unpaired) electrons. The Balaban J connectivity index is 1.86. The van der Waals surface area contributed by atoms with E-state index in [2.05, 4.69) is 0 Å². The molecule has 0 heterocycles. The topological polar surface area (TPSA) is 46.5 Å². The van der Waals surface area contributed by atoms with Gasteiger partial charge in [-0.1, -0.05) is 23.7 Å². The predicted molar refractivity (Wildman–Crippen MR) is 72.8 cm³/mol. The van der Waals surface area contributed by atoms with E-state index in [-0.39, 0.29) is 11.8 Å². The van der Waals surface area contributed by atoms with Gasteiger partial charge < -0.3 is 9.84 Å². The van der Waals surface area contributed by atoms with Crippen molar-refractivity contribution in [3.8, 4) is 5.75 Å². The van der Waals surface area contributed by atoms with E-state index in [1.807, 2.05) is 18.2 Å². The average molecular weight is 281 g/mol. The Morgan fingerprint density at radius 3 is 2.74 bits per heavy atom. The van der Waals surface area contributed by atoms with Crippen molar-refractivity contribution in [3.05, 3.63) is 28.8 Å². The fourth-order valence-corrected chi connectivity index (χ4v) is 2.77. The molecule has 0 spiro atoms. The first kappa shape index (κ1) is 12.8. The quantitative estimate of drug-likeness (QED) is 0.865. The first-order valence-electron chi connectivity index (χ1n) is 6.74. The summed E-state index contributed by atoms with van der Waals surface area (Å²) >= 11 is 6.23. The van der Waals surface area contributed by atoms with Gasteiger partial charge in [-0.2, -0.15) is 0 Å². The molecule has 3 nitrogen and oxygen atoms in total. The van der Waals surface area contributed by atoms with Gasteiger partial charge in [-0.15, -0.1) is 0 Å². The molecule has 19 heavy (non-hydrogen) atoms. The van der Waals surface area contributed by atoms with Crippen LogP contribution in [0.3, 0.4) is 0 Å². The van der Waals surface area contributed by atoms with E-state index in [0.717, 1.165) is 18.4 Å². The van der Waals surface area contributed by atoms with E-state index in [9.17, 15) is 4.79 Å². The van der Waals surface area contributed by atoms with Gasteiger partial charge in [-0.3, -0.25) is 4.79 Å². The molecule has 0 aromatic heterocycles. The second kappa shape index (κ2) is 4.71. The summed E-state index contributed by atoms with van der Waals surface area (Å²) in [5.41, 5.74) is 0.721. The maximum absolute atomic E-state index is 11.0. The summed E-state index contributed by atoms with van der Waals surface area (Å²) < 4.78 is 5.87. The SMILES string of the molecule is O=C(O)CC1(c2cccc(Cl)c2OCC2CC2)CC1. The molecule has 2 aliphatic carbocycles. The highest BCUT2D eigenvalue weighted by Crippen LogP contribution is 2.55. The highest BCUT2D eigenvalue weighted by molar-refractivity contribution is 6.32. The van der Waals surface area contributed by atoms with E-state index in [1.165, 1.54) is 12.8 Å². The maximum atomic E-state index is 11.0. The van der Waals surface area contributed by atoms with Gasteiger partial charge in [-0.25, -0.2) is 0 Å². The highest BCUT2D eigenvalue weighted by Gasteiger charge is 2.48. The standard InChI is InChI=1S/C15H17ClO3/c16-12-3-1-2-11(14(12)19-9-10-4-5-10)15(6-7-15)8-13(17)18/h1-3,10H,4-9H2,(H,17,18). The van der Waals surface area contributed by atoms with E-state index < -0.39 is 5.97 Å².